The van der Waals surface area contributed by atoms with Crippen LogP contribution in [-0.2, 0) is 11.3 Å². The fourth-order valence-corrected chi connectivity index (χ4v) is 2.76. The summed E-state index contributed by atoms with van der Waals surface area (Å²) < 4.78 is 5.71. The number of hydrogen-bond donors (Lipinski definition) is 1. The molecule has 0 spiro atoms. The van der Waals surface area contributed by atoms with Gasteiger partial charge < -0.3 is 9.84 Å². The van der Waals surface area contributed by atoms with Crippen LogP contribution >= 0.6 is 11.3 Å². The maximum Gasteiger partial charge on any atom is 0.142 e. The van der Waals surface area contributed by atoms with E-state index in [0.29, 0.717) is 12.3 Å². The van der Waals surface area contributed by atoms with Crippen molar-refractivity contribution < 1.29 is 9.84 Å². The van der Waals surface area contributed by atoms with Crippen LogP contribution in [0.25, 0.3) is 0 Å². The lowest BCUT2D eigenvalue weighted by Crippen LogP contribution is -1.96. The van der Waals surface area contributed by atoms with Gasteiger partial charge in [0.15, 0.2) is 0 Å². The van der Waals surface area contributed by atoms with Crippen molar-refractivity contribution in [3.8, 4) is 5.75 Å². The zero-order valence-electron chi connectivity index (χ0n) is 8.80. The van der Waals surface area contributed by atoms with Crippen LogP contribution in [0.3, 0.4) is 0 Å². The second-order valence-corrected chi connectivity index (χ2v) is 4.81. The third-order valence-electron chi connectivity index (χ3n) is 2.85. The average molecular weight is 233 g/mol. The van der Waals surface area contributed by atoms with Crippen LogP contribution in [0.5, 0.6) is 5.75 Å². The molecule has 0 radical (unpaired) electrons. The summed E-state index contributed by atoms with van der Waals surface area (Å²) in [6.07, 6.45) is 1.75. The van der Waals surface area contributed by atoms with Crippen molar-refractivity contribution in [3.05, 3.63) is 45.4 Å². The van der Waals surface area contributed by atoms with Crippen LogP contribution in [-0.4, -0.2) is 10.1 Å². The second kappa shape index (κ2) is 3.57. The van der Waals surface area contributed by atoms with Crippen LogP contribution in [0, 0.1) is 6.92 Å². The first-order valence-electron chi connectivity index (χ1n) is 5.09. The van der Waals surface area contributed by atoms with Crippen LogP contribution in [0.1, 0.15) is 27.8 Å². The Labute approximate surface area is 97.3 Å². The van der Waals surface area contributed by atoms with Gasteiger partial charge in [0.2, 0.25) is 0 Å². The second-order valence-electron chi connectivity index (χ2n) is 3.83. The van der Waals surface area contributed by atoms with Gasteiger partial charge in [-0.15, -0.1) is 11.3 Å². The summed E-state index contributed by atoms with van der Waals surface area (Å²) in [6.45, 7) is 2.27. The molecule has 1 N–H and O–H groups in total. The predicted molar refractivity (Wildman–Crippen MR) is 61.6 cm³/mol. The number of rotatable bonds is 1. The summed E-state index contributed by atoms with van der Waals surface area (Å²) in [5, 5.41) is 11.9. The molecule has 16 heavy (non-hydrogen) atoms. The van der Waals surface area contributed by atoms with E-state index in [2.05, 4.69) is 4.98 Å². The van der Waals surface area contributed by atoms with Crippen LogP contribution in [0.15, 0.2) is 23.7 Å². The molecule has 1 aliphatic heterocycles. The van der Waals surface area contributed by atoms with Crippen molar-refractivity contribution in [1.82, 2.24) is 4.98 Å². The molecule has 0 saturated carbocycles. The lowest BCUT2D eigenvalue weighted by molar-refractivity contribution is 0.0955. The van der Waals surface area contributed by atoms with Gasteiger partial charge in [-0.25, -0.2) is 0 Å². The molecule has 3 heterocycles. The van der Waals surface area contributed by atoms with E-state index in [1.165, 1.54) is 0 Å². The molecule has 0 saturated heterocycles. The Bertz CT molecular complexity index is 522. The van der Waals surface area contributed by atoms with E-state index < -0.39 is 0 Å². The minimum atomic E-state index is -0.0611. The molecule has 3 rings (SSSR count). The molecular formula is C12H11NO2S. The molecule has 2 aromatic heterocycles. The third-order valence-corrected chi connectivity index (χ3v) is 3.77. The number of aromatic hydroxyl groups is 1. The van der Waals surface area contributed by atoms with Crippen molar-refractivity contribution >= 4 is 11.3 Å². The maximum atomic E-state index is 9.89. The molecule has 0 bridgehead atoms. The first-order valence-corrected chi connectivity index (χ1v) is 5.97. The normalized spacial score (nSPS) is 18.7. The Morgan fingerprint density at radius 1 is 1.56 bits per heavy atom. The molecule has 0 aromatic carbocycles. The molecule has 4 heteroatoms. The van der Waals surface area contributed by atoms with Gasteiger partial charge in [0.25, 0.3) is 0 Å². The van der Waals surface area contributed by atoms with E-state index in [1.54, 1.807) is 18.3 Å². The van der Waals surface area contributed by atoms with E-state index >= 15 is 0 Å². The molecule has 2 aromatic rings. The van der Waals surface area contributed by atoms with E-state index in [0.717, 1.165) is 16.0 Å². The van der Waals surface area contributed by atoms with Crippen molar-refractivity contribution in [3.63, 3.8) is 0 Å². The average Bonchev–Trinajstić information content (AvgIpc) is 2.91. The van der Waals surface area contributed by atoms with Crippen LogP contribution in [0.2, 0.25) is 0 Å². The molecule has 1 aliphatic rings. The summed E-state index contributed by atoms with van der Waals surface area (Å²) in [6, 6.07) is 4.05. The molecule has 3 nitrogen and oxygen atoms in total. The third kappa shape index (κ3) is 1.34. The van der Waals surface area contributed by atoms with Crippen LogP contribution in [0.4, 0.5) is 0 Å². The first-order chi connectivity index (χ1) is 7.77. The largest absolute Gasteiger partial charge is 0.506 e. The van der Waals surface area contributed by atoms with E-state index in [1.807, 2.05) is 23.7 Å². The Kier molecular flexibility index (Phi) is 2.19. The Morgan fingerprint density at radius 3 is 3.19 bits per heavy atom. The summed E-state index contributed by atoms with van der Waals surface area (Å²) in [5.41, 5.74) is 2.53. The lowest BCUT2D eigenvalue weighted by Gasteiger charge is -2.08. The fourth-order valence-electron chi connectivity index (χ4n) is 1.97. The molecular weight excluding hydrogens is 222 g/mol. The summed E-state index contributed by atoms with van der Waals surface area (Å²) in [4.78, 5) is 5.34. The zero-order valence-corrected chi connectivity index (χ0v) is 9.62. The van der Waals surface area contributed by atoms with Gasteiger partial charge in [0, 0.05) is 22.2 Å². The minimum Gasteiger partial charge on any atom is -0.506 e. The smallest absolute Gasteiger partial charge is 0.142 e. The van der Waals surface area contributed by atoms with Crippen molar-refractivity contribution in [1.29, 1.82) is 0 Å². The molecule has 0 fully saturated rings. The van der Waals surface area contributed by atoms with E-state index in [4.69, 9.17) is 4.74 Å². The number of pyridine rings is 1. The molecule has 0 aliphatic carbocycles. The van der Waals surface area contributed by atoms with Gasteiger partial charge in [-0.05, 0) is 18.4 Å². The first kappa shape index (κ1) is 9.81. The molecule has 0 amide bonds. The monoisotopic (exact) mass is 233 g/mol. The minimum absolute atomic E-state index is 0.0611. The highest BCUT2D eigenvalue weighted by Crippen LogP contribution is 2.41. The number of ether oxygens (including phenoxy) is 1. The SMILES string of the molecule is Cc1ncc2c(c1O)COC2c1cccs1. The number of nitrogens with zero attached hydrogens (tertiary/aromatic N) is 1. The van der Waals surface area contributed by atoms with Gasteiger partial charge in [-0.1, -0.05) is 6.07 Å². The van der Waals surface area contributed by atoms with E-state index in [-0.39, 0.29) is 11.9 Å². The lowest BCUT2D eigenvalue weighted by atomic mass is 10.1. The zero-order chi connectivity index (χ0) is 11.1. The fraction of sp³-hybridized carbons (Fsp3) is 0.250. The highest BCUT2D eigenvalue weighted by Gasteiger charge is 2.28. The van der Waals surface area contributed by atoms with Crippen molar-refractivity contribution in [2.45, 2.75) is 19.6 Å². The molecule has 1 atom stereocenters. The summed E-state index contributed by atoms with van der Waals surface area (Å²) >= 11 is 1.66. The maximum absolute atomic E-state index is 9.89. The quantitative estimate of drug-likeness (QED) is 0.823. The van der Waals surface area contributed by atoms with Gasteiger partial charge in [-0.3, -0.25) is 4.98 Å². The predicted octanol–water partition coefficient (Wildman–Crippen LogP) is 2.78. The summed E-state index contributed by atoms with van der Waals surface area (Å²) in [7, 11) is 0. The van der Waals surface area contributed by atoms with Crippen molar-refractivity contribution in [2.24, 2.45) is 0 Å². The Balaban J connectivity index is 2.10. The van der Waals surface area contributed by atoms with Crippen molar-refractivity contribution in [2.75, 3.05) is 0 Å². The topological polar surface area (TPSA) is 42.4 Å². The molecule has 1 unspecified atom stereocenters. The van der Waals surface area contributed by atoms with Gasteiger partial charge in [-0.2, -0.15) is 0 Å². The van der Waals surface area contributed by atoms with Crippen LogP contribution < -0.4 is 0 Å². The number of aromatic nitrogens is 1. The standard InChI is InChI=1S/C12H11NO2S/c1-7-11(14)9-6-15-12(8(9)5-13-7)10-3-2-4-16-10/h2-5,12,14H,6H2,1H3. The highest BCUT2D eigenvalue weighted by atomic mass is 32.1. The number of hydrogen-bond acceptors (Lipinski definition) is 4. The number of fused-ring (bicyclic) bond motifs is 1. The number of thiophene rings is 1. The Hall–Kier alpha value is -1.39. The summed E-state index contributed by atoms with van der Waals surface area (Å²) in [5.74, 6) is 0.275. The van der Waals surface area contributed by atoms with Gasteiger partial charge >= 0.3 is 0 Å². The molecule has 82 valence electrons. The van der Waals surface area contributed by atoms with Gasteiger partial charge in [0.1, 0.15) is 11.9 Å². The Morgan fingerprint density at radius 2 is 2.44 bits per heavy atom. The van der Waals surface area contributed by atoms with Gasteiger partial charge in [0.05, 0.1) is 12.3 Å². The van der Waals surface area contributed by atoms with E-state index in [9.17, 15) is 5.11 Å². The highest BCUT2D eigenvalue weighted by molar-refractivity contribution is 7.10. The number of aryl methyl sites for hydroxylation is 1.